The Morgan fingerprint density at radius 1 is 1.33 bits per heavy atom. The molecule has 3 aliphatic rings. The molecule has 0 radical (unpaired) electrons. The highest BCUT2D eigenvalue weighted by atomic mass is 16.5. The zero-order valence-electron chi connectivity index (χ0n) is 12.2. The maximum Gasteiger partial charge on any atom is 0.180 e. The predicted molar refractivity (Wildman–Crippen MR) is 72.0 cm³/mol. The maximum absolute atomic E-state index is 11.5. The highest BCUT2D eigenvalue weighted by molar-refractivity contribution is 5.79. The lowest BCUT2D eigenvalue weighted by molar-refractivity contribution is -0.191. The Balaban J connectivity index is 1.84. The van der Waals surface area contributed by atoms with Crippen LogP contribution in [0.3, 0.4) is 0 Å². The first kappa shape index (κ1) is 13.4. The molecule has 0 aromatic rings. The first-order valence-corrected chi connectivity index (χ1v) is 6.74. The second-order valence-electron chi connectivity index (χ2n) is 7.27. The fourth-order valence-corrected chi connectivity index (χ4v) is 3.58. The topological polar surface area (TPSA) is 38.3 Å². The van der Waals surface area contributed by atoms with Gasteiger partial charge in [0.2, 0.25) is 0 Å². The number of nitrogens with one attached hydrogen (secondary N) is 1. The van der Waals surface area contributed by atoms with Gasteiger partial charge in [-0.2, -0.15) is 0 Å². The molecule has 102 valence electrons. The van der Waals surface area contributed by atoms with Crippen LogP contribution in [0.4, 0.5) is 0 Å². The lowest BCUT2D eigenvalue weighted by Gasteiger charge is -2.72. The molecule has 0 saturated heterocycles. The minimum Gasteiger partial charge on any atom is -0.474 e. The number of rotatable bonds is 5. The smallest absolute Gasteiger partial charge is 0.180 e. The van der Waals surface area contributed by atoms with Crippen molar-refractivity contribution in [2.45, 2.75) is 65.0 Å². The van der Waals surface area contributed by atoms with Gasteiger partial charge in [0, 0.05) is 11.5 Å². The van der Waals surface area contributed by atoms with Crippen molar-refractivity contribution >= 4 is 5.78 Å². The maximum atomic E-state index is 11.5. The molecule has 3 rings (SSSR count). The van der Waals surface area contributed by atoms with E-state index in [0.717, 1.165) is 19.3 Å². The Morgan fingerprint density at radius 2 is 1.83 bits per heavy atom. The van der Waals surface area contributed by atoms with Crippen LogP contribution in [-0.4, -0.2) is 16.9 Å². The summed E-state index contributed by atoms with van der Waals surface area (Å²) in [5.74, 6) is 1.16. The molecule has 0 aromatic carbocycles. The van der Waals surface area contributed by atoms with Gasteiger partial charge in [-0.25, -0.2) is 0 Å². The fourth-order valence-electron chi connectivity index (χ4n) is 3.58. The summed E-state index contributed by atoms with van der Waals surface area (Å²) in [6.45, 7) is 13.7. The molecule has 0 amide bonds. The molecule has 1 atom stereocenters. The van der Waals surface area contributed by atoms with E-state index >= 15 is 0 Å². The van der Waals surface area contributed by atoms with Crippen LogP contribution in [0.1, 0.15) is 53.9 Å². The Bertz CT molecular complexity index is 372. The quantitative estimate of drug-likeness (QED) is 0.763. The molecule has 0 spiro atoms. The van der Waals surface area contributed by atoms with Crippen LogP contribution in [0.25, 0.3) is 0 Å². The molecule has 1 N–H and O–H groups in total. The van der Waals surface area contributed by atoms with Gasteiger partial charge in [0.25, 0.3) is 0 Å². The van der Waals surface area contributed by atoms with Gasteiger partial charge >= 0.3 is 0 Å². The van der Waals surface area contributed by atoms with Crippen molar-refractivity contribution in [3.8, 4) is 0 Å². The van der Waals surface area contributed by atoms with E-state index < -0.39 is 0 Å². The van der Waals surface area contributed by atoms with E-state index in [0.29, 0.717) is 11.7 Å². The van der Waals surface area contributed by atoms with Crippen molar-refractivity contribution in [1.82, 2.24) is 5.32 Å². The number of carbonyl (C=O) groups is 1. The highest BCUT2D eigenvalue weighted by Crippen LogP contribution is 2.70. The molecule has 3 saturated carbocycles. The van der Waals surface area contributed by atoms with Gasteiger partial charge in [0.05, 0.1) is 0 Å². The van der Waals surface area contributed by atoms with E-state index in [1.54, 1.807) is 6.92 Å². The third-order valence-electron chi connectivity index (χ3n) is 4.43. The number of hydrogen-bond donors (Lipinski definition) is 1. The van der Waals surface area contributed by atoms with Gasteiger partial charge in [0.15, 0.2) is 5.88 Å². The molecule has 0 aliphatic heterocycles. The van der Waals surface area contributed by atoms with E-state index in [2.05, 4.69) is 18.8 Å². The first-order valence-electron chi connectivity index (χ1n) is 6.74. The van der Waals surface area contributed by atoms with Crippen LogP contribution in [0.15, 0.2) is 12.5 Å². The number of carbonyl (C=O) groups excluding carboxylic acids is 1. The van der Waals surface area contributed by atoms with E-state index in [4.69, 9.17) is 4.74 Å². The summed E-state index contributed by atoms with van der Waals surface area (Å²) in [4.78, 5) is 11.5. The van der Waals surface area contributed by atoms with Crippen LogP contribution in [-0.2, 0) is 9.53 Å². The Kier molecular flexibility index (Phi) is 2.80. The van der Waals surface area contributed by atoms with Crippen LogP contribution >= 0.6 is 0 Å². The third kappa shape index (κ3) is 2.15. The van der Waals surface area contributed by atoms with Gasteiger partial charge in [0.1, 0.15) is 11.4 Å². The van der Waals surface area contributed by atoms with Crippen molar-refractivity contribution in [1.29, 1.82) is 0 Å². The normalized spacial score (nSPS) is 34.9. The van der Waals surface area contributed by atoms with Crippen molar-refractivity contribution in [2.75, 3.05) is 0 Å². The van der Waals surface area contributed by atoms with E-state index in [9.17, 15) is 4.79 Å². The van der Waals surface area contributed by atoms with E-state index in [1.807, 2.05) is 20.8 Å². The molecule has 0 heterocycles. The molecule has 3 aliphatic carbocycles. The number of ketones is 1. The number of hydrogen-bond acceptors (Lipinski definition) is 3. The summed E-state index contributed by atoms with van der Waals surface area (Å²) >= 11 is 0. The Labute approximate surface area is 110 Å². The van der Waals surface area contributed by atoms with Crippen LogP contribution in [0.2, 0.25) is 0 Å². The minimum absolute atomic E-state index is 0.159. The lowest BCUT2D eigenvalue weighted by Crippen LogP contribution is -2.76. The molecule has 3 nitrogen and oxygen atoms in total. The van der Waals surface area contributed by atoms with Gasteiger partial charge in [-0.15, -0.1) is 0 Å². The van der Waals surface area contributed by atoms with Crippen molar-refractivity contribution in [2.24, 2.45) is 11.3 Å². The van der Waals surface area contributed by atoms with Crippen LogP contribution in [0, 0.1) is 11.3 Å². The second-order valence-corrected chi connectivity index (χ2v) is 7.27. The largest absolute Gasteiger partial charge is 0.474 e. The zero-order chi connectivity index (χ0) is 13.8. The fraction of sp³-hybridized carbons (Fsp3) is 0.800. The summed E-state index contributed by atoms with van der Waals surface area (Å²) in [5.41, 5.74) is 0.213. The van der Waals surface area contributed by atoms with Crippen molar-refractivity contribution < 1.29 is 9.53 Å². The zero-order valence-corrected chi connectivity index (χ0v) is 12.2. The molecule has 3 heteroatoms. The second kappa shape index (κ2) is 3.75. The highest BCUT2D eigenvalue weighted by Gasteiger charge is 2.70. The summed E-state index contributed by atoms with van der Waals surface area (Å²) in [5, 5.41) is 3.41. The SMILES string of the molecule is C=C(NC12CC(C(C)C(C)=O)(C1)C2)OC(C)(C)C. The summed E-state index contributed by atoms with van der Waals surface area (Å²) < 4.78 is 5.70. The summed E-state index contributed by atoms with van der Waals surface area (Å²) in [6, 6.07) is 0. The van der Waals surface area contributed by atoms with Gasteiger partial charge in [-0.1, -0.05) is 6.92 Å². The van der Waals surface area contributed by atoms with E-state index in [-0.39, 0.29) is 22.5 Å². The molecule has 2 bridgehead atoms. The van der Waals surface area contributed by atoms with Gasteiger partial charge in [-0.05, 0) is 59.0 Å². The monoisotopic (exact) mass is 251 g/mol. The van der Waals surface area contributed by atoms with Crippen molar-refractivity contribution in [3.63, 3.8) is 0 Å². The Morgan fingerprint density at radius 3 is 2.22 bits per heavy atom. The van der Waals surface area contributed by atoms with Crippen molar-refractivity contribution in [3.05, 3.63) is 12.5 Å². The third-order valence-corrected chi connectivity index (χ3v) is 4.43. The van der Waals surface area contributed by atoms with Gasteiger partial charge in [-0.3, -0.25) is 4.79 Å². The van der Waals surface area contributed by atoms with Gasteiger partial charge < -0.3 is 10.1 Å². The predicted octanol–water partition coefficient (Wildman–Crippen LogP) is 3.01. The minimum atomic E-state index is -0.210. The van der Waals surface area contributed by atoms with E-state index in [1.165, 1.54) is 0 Å². The average molecular weight is 251 g/mol. The summed E-state index contributed by atoms with van der Waals surface area (Å²) in [7, 11) is 0. The number of Topliss-reactive ketones (excluding diaryl/α,β-unsaturated/α-hetero) is 1. The average Bonchev–Trinajstić information content (AvgIpc) is 2.04. The molecule has 0 aromatic heterocycles. The first-order chi connectivity index (χ1) is 8.08. The Hall–Kier alpha value is -0.990. The number of ether oxygens (including phenoxy) is 1. The molecule has 18 heavy (non-hydrogen) atoms. The molecular formula is C15H25NO2. The molecule has 3 fully saturated rings. The standard InChI is InChI=1S/C15H25NO2/c1-10(11(2)17)14-7-15(8-14,9-14)16-12(3)18-13(4,5)6/h10,16H,3,7-9H2,1-2,4-6H3. The lowest BCUT2D eigenvalue weighted by atomic mass is 9.35. The molecule has 1 unspecified atom stereocenters. The van der Waals surface area contributed by atoms with Crippen LogP contribution in [0.5, 0.6) is 0 Å². The van der Waals surface area contributed by atoms with Crippen LogP contribution < -0.4 is 5.32 Å². The molecular weight excluding hydrogens is 226 g/mol. The summed E-state index contributed by atoms with van der Waals surface area (Å²) in [6.07, 6.45) is 3.23.